The Balaban J connectivity index is 4.00. The lowest BCUT2D eigenvalue weighted by atomic mass is 10.3. The van der Waals surface area contributed by atoms with E-state index in [2.05, 4.69) is 13.2 Å². The van der Waals surface area contributed by atoms with Crippen LogP contribution in [0.15, 0.2) is 49.0 Å². The van der Waals surface area contributed by atoms with E-state index in [4.69, 9.17) is 9.05 Å². The van der Waals surface area contributed by atoms with E-state index < -0.39 is 8.25 Å². The van der Waals surface area contributed by atoms with E-state index in [0.29, 0.717) is 0 Å². The van der Waals surface area contributed by atoms with Crippen LogP contribution >= 0.6 is 8.25 Å². The molecule has 0 aromatic rings. The Morgan fingerprint density at radius 2 is 1.43 bits per heavy atom. The van der Waals surface area contributed by atoms with Gasteiger partial charge >= 0.3 is 8.25 Å². The minimum Gasteiger partial charge on any atom is -0.230 e. The molecule has 0 amide bonds. The van der Waals surface area contributed by atoms with Crippen molar-refractivity contribution in [3.05, 3.63) is 49.0 Å². The number of hydrogen-bond donors (Lipinski definition) is 0. The van der Waals surface area contributed by atoms with Gasteiger partial charge in [0.25, 0.3) is 0 Å². The van der Waals surface area contributed by atoms with Gasteiger partial charge in [-0.15, -0.1) is 0 Å². The SMILES string of the molecule is C=CC(C)=CO[P+](=O)OC=C(C)C=C. The van der Waals surface area contributed by atoms with Gasteiger partial charge in [0, 0.05) is 4.57 Å². The average Bonchev–Trinajstić information content (AvgIpc) is 2.22. The van der Waals surface area contributed by atoms with E-state index in [1.807, 2.05) is 0 Å². The first-order chi connectivity index (χ1) is 6.60. The fourth-order valence-electron chi connectivity index (χ4n) is 0.373. The maximum absolute atomic E-state index is 11.0. The molecule has 0 spiro atoms. The van der Waals surface area contributed by atoms with Gasteiger partial charge in [-0.05, 0) is 25.0 Å². The van der Waals surface area contributed by atoms with Gasteiger partial charge in [0.05, 0.1) is 0 Å². The molecule has 0 saturated carbocycles. The maximum Gasteiger partial charge on any atom is 0.804 e. The standard InChI is InChI=1S/C10H14O3P/c1-5-9(3)7-12-14(11)13-8-10(4)6-2/h5-8H,1-2H2,3-4H3/q+1. The van der Waals surface area contributed by atoms with Gasteiger partial charge in [-0.3, -0.25) is 0 Å². The molecular weight excluding hydrogens is 199 g/mol. The minimum absolute atomic E-state index is 0.779. The quantitative estimate of drug-likeness (QED) is 0.382. The van der Waals surface area contributed by atoms with Gasteiger partial charge in [-0.1, -0.05) is 25.3 Å². The van der Waals surface area contributed by atoms with Crippen LogP contribution < -0.4 is 0 Å². The monoisotopic (exact) mass is 213 g/mol. The molecule has 0 N–H and O–H groups in total. The van der Waals surface area contributed by atoms with Gasteiger partial charge in [0.1, 0.15) is 0 Å². The van der Waals surface area contributed by atoms with Crippen molar-refractivity contribution in [1.82, 2.24) is 0 Å². The highest BCUT2D eigenvalue weighted by atomic mass is 31.1. The highest BCUT2D eigenvalue weighted by molar-refractivity contribution is 7.33. The van der Waals surface area contributed by atoms with Crippen LogP contribution in [-0.4, -0.2) is 0 Å². The van der Waals surface area contributed by atoms with Crippen molar-refractivity contribution >= 4 is 8.25 Å². The van der Waals surface area contributed by atoms with Crippen LogP contribution in [0.4, 0.5) is 0 Å². The van der Waals surface area contributed by atoms with E-state index in [1.54, 1.807) is 26.0 Å². The van der Waals surface area contributed by atoms with E-state index in [-0.39, 0.29) is 0 Å². The van der Waals surface area contributed by atoms with Crippen LogP contribution in [-0.2, 0) is 13.6 Å². The van der Waals surface area contributed by atoms with Crippen molar-refractivity contribution in [2.75, 3.05) is 0 Å². The van der Waals surface area contributed by atoms with Crippen LogP contribution in [0.2, 0.25) is 0 Å². The summed E-state index contributed by atoms with van der Waals surface area (Å²) in [7, 11) is -2.16. The lowest BCUT2D eigenvalue weighted by Crippen LogP contribution is -1.74. The summed E-state index contributed by atoms with van der Waals surface area (Å²) in [5.41, 5.74) is 1.56. The molecule has 0 radical (unpaired) electrons. The van der Waals surface area contributed by atoms with Gasteiger partial charge in [-0.2, -0.15) is 0 Å². The zero-order valence-corrected chi connectivity index (χ0v) is 9.29. The molecule has 0 aliphatic carbocycles. The van der Waals surface area contributed by atoms with Crippen molar-refractivity contribution in [1.29, 1.82) is 0 Å². The highest BCUT2D eigenvalue weighted by Gasteiger charge is 2.17. The minimum atomic E-state index is -2.16. The van der Waals surface area contributed by atoms with Gasteiger partial charge in [0.15, 0.2) is 12.5 Å². The Morgan fingerprint density at radius 3 is 1.71 bits per heavy atom. The van der Waals surface area contributed by atoms with E-state index in [1.165, 1.54) is 12.5 Å². The molecule has 0 aliphatic heterocycles. The molecule has 0 saturated heterocycles. The van der Waals surface area contributed by atoms with Crippen LogP contribution in [0.25, 0.3) is 0 Å². The summed E-state index contributed by atoms with van der Waals surface area (Å²) >= 11 is 0. The smallest absolute Gasteiger partial charge is 0.230 e. The number of rotatable bonds is 6. The second-order valence-corrected chi connectivity index (χ2v) is 3.44. The summed E-state index contributed by atoms with van der Waals surface area (Å²) in [6, 6.07) is 0. The first kappa shape index (κ1) is 12.7. The molecule has 14 heavy (non-hydrogen) atoms. The fraction of sp³-hybridized carbons (Fsp3) is 0.200. The van der Waals surface area contributed by atoms with Gasteiger partial charge in [-0.25, -0.2) is 9.05 Å². The Hall–Kier alpha value is -1.34. The second-order valence-electron chi connectivity index (χ2n) is 2.57. The molecule has 3 nitrogen and oxygen atoms in total. The lowest BCUT2D eigenvalue weighted by Gasteiger charge is -1.86. The predicted octanol–water partition coefficient (Wildman–Crippen LogP) is 3.86. The first-order valence-electron chi connectivity index (χ1n) is 3.99. The fourth-order valence-corrected chi connectivity index (χ4v) is 0.928. The van der Waals surface area contributed by atoms with Crippen LogP contribution in [0.5, 0.6) is 0 Å². The molecule has 0 heterocycles. The third-order valence-corrected chi connectivity index (χ3v) is 1.85. The second kappa shape index (κ2) is 7.10. The molecule has 0 atom stereocenters. The van der Waals surface area contributed by atoms with Gasteiger partial charge in [0.2, 0.25) is 0 Å². The predicted molar refractivity (Wildman–Crippen MR) is 57.7 cm³/mol. The average molecular weight is 213 g/mol. The van der Waals surface area contributed by atoms with E-state index >= 15 is 0 Å². The summed E-state index contributed by atoms with van der Waals surface area (Å²) in [6.07, 6.45) is 5.85. The van der Waals surface area contributed by atoms with Crippen molar-refractivity contribution < 1.29 is 13.6 Å². The lowest BCUT2D eigenvalue weighted by molar-refractivity contribution is 0.353. The molecule has 0 fully saturated rings. The van der Waals surface area contributed by atoms with Crippen LogP contribution in [0, 0.1) is 0 Å². The largest absolute Gasteiger partial charge is 0.804 e. The number of allylic oxidation sites excluding steroid dienone is 4. The third-order valence-electron chi connectivity index (χ3n) is 1.29. The molecule has 0 aliphatic rings. The van der Waals surface area contributed by atoms with Crippen LogP contribution in [0.3, 0.4) is 0 Å². The first-order valence-corrected chi connectivity index (χ1v) is 5.09. The molecule has 0 rings (SSSR count). The Bertz CT molecular complexity index is 262. The Labute approximate surface area is 85.4 Å². The summed E-state index contributed by atoms with van der Waals surface area (Å²) in [4.78, 5) is 0. The summed E-state index contributed by atoms with van der Waals surface area (Å²) in [5.74, 6) is 0. The zero-order valence-electron chi connectivity index (χ0n) is 8.40. The van der Waals surface area contributed by atoms with Crippen molar-refractivity contribution in [2.24, 2.45) is 0 Å². The third kappa shape index (κ3) is 6.21. The van der Waals surface area contributed by atoms with Crippen molar-refractivity contribution in [3.8, 4) is 0 Å². The normalized spacial score (nSPS) is 13.1. The Morgan fingerprint density at radius 1 is 1.07 bits per heavy atom. The van der Waals surface area contributed by atoms with Crippen LogP contribution in [0.1, 0.15) is 13.8 Å². The molecule has 76 valence electrons. The highest BCUT2D eigenvalue weighted by Crippen LogP contribution is 2.25. The maximum atomic E-state index is 11.0. The molecule has 0 unspecified atom stereocenters. The summed E-state index contributed by atoms with van der Waals surface area (Å²) in [6.45, 7) is 10.6. The molecule has 4 heteroatoms. The van der Waals surface area contributed by atoms with Crippen molar-refractivity contribution in [2.45, 2.75) is 13.8 Å². The van der Waals surface area contributed by atoms with Crippen molar-refractivity contribution in [3.63, 3.8) is 0 Å². The van der Waals surface area contributed by atoms with Gasteiger partial charge < -0.3 is 0 Å². The Kier molecular flexibility index (Phi) is 6.42. The zero-order chi connectivity index (χ0) is 11.0. The summed E-state index contributed by atoms with van der Waals surface area (Å²) in [5, 5.41) is 0. The molecule has 0 aromatic carbocycles. The molecule has 0 bridgehead atoms. The number of hydrogen-bond acceptors (Lipinski definition) is 3. The molecule has 0 aromatic heterocycles. The van der Waals surface area contributed by atoms with E-state index in [0.717, 1.165) is 11.1 Å². The van der Waals surface area contributed by atoms with E-state index in [9.17, 15) is 4.57 Å². The topological polar surface area (TPSA) is 35.5 Å². The summed E-state index contributed by atoms with van der Waals surface area (Å²) < 4.78 is 20.6. The molecular formula is C10H14O3P+.